The molecular formula is C9H8ClFN2O. The zero-order valence-corrected chi connectivity index (χ0v) is 7.96. The van der Waals surface area contributed by atoms with Crippen molar-refractivity contribution >= 4 is 17.6 Å². The van der Waals surface area contributed by atoms with Gasteiger partial charge in [-0.05, 0) is 17.7 Å². The van der Waals surface area contributed by atoms with Crippen molar-refractivity contribution in [2.24, 2.45) is 10.7 Å². The Hall–Kier alpha value is -1.29. The summed E-state index contributed by atoms with van der Waals surface area (Å²) in [6, 6.07) is 4.45. The summed E-state index contributed by atoms with van der Waals surface area (Å²) >= 11 is 5.63. The van der Waals surface area contributed by atoms with Crippen LogP contribution in [0.3, 0.4) is 0 Å². The van der Waals surface area contributed by atoms with Gasteiger partial charge in [-0.1, -0.05) is 17.7 Å². The molecule has 5 heteroatoms. The van der Waals surface area contributed by atoms with Crippen molar-refractivity contribution in [2.45, 2.75) is 6.04 Å². The molecule has 1 aliphatic rings. The number of ether oxygens (including phenoxy) is 1. The lowest BCUT2D eigenvalue weighted by atomic mass is 10.1. The number of rotatable bonds is 1. The Labute approximate surface area is 85.3 Å². The van der Waals surface area contributed by atoms with Crippen LogP contribution in [0.2, 0.25) is 5.02 Å². The average molecular weight is 215 g/mol. The molecule has 2 rings (SSSR count). The monoisotopic (exact) mass is 214 g/mol. The number of hydrogen-bond donors (Lipinski definition) is 1. The number of amidine groups is 1. The van der Waals surface area contributed by atoms with E-state index in [1.165, 1.54) is 12.1 Å². The highest BCUT2D eigenvalue weighted by molar-refractivity contribution is 6.30. The molecule has 0 bridgehead atoms. The number of nitrogens with two attached hydrogens (primary N) is 1. The van der Waals surface area contributed by atoms with Gasteiger partial charge in [-0.3, -0.25) is 0 Å². The van der Waals surface area contributed by atoms with E-state index in [0.717, 1.165) is 5.56 Å². The van der Waals surface area contributed by atoms with Crippen LogP contribution in [0.5, 0.6) is 0 Å². The van der Waals surface area contributed by atoms with Crippen molar-refractivity contribution < 1.29 is 9.13 Å². The van der Waals surface area contributed by atoms with Gasteiger partial charge in [-0.2, -0.15) is 0 Å². The van der Waals surface area contributed by atoms with Crippen molar-refractivity contribution in [2.75, 3.05) is 6.61 Å². The molecule has 0 radical (unpaired) electrons. The quantitative estimate of drug-likeness (QED) is 0.776. The van der Waals surface area contributed by atoms with Crippen LogP contribution >= 0.6 is 11.6 Å². The normalized spacial score (nSPS) is 20.4. The number of halogens is 2. The molecule has 0 fully saturated rings. The van der Waals surface area contributed by atoms with E-state index in [1.807, 2.05) is 0 Å². The topological polar surface area (TPSA) is 47.6 Å². The molecule has 0 aromatic heterocycles. The highest BCUT2D eigenvalue weighted by Crippen LogP contribution is 2.25. The van der Waals surface area contributed by atoms with Crippen LogP contribution in [-0.2, 0) is 4.74 Å². The number of benzene rings is 1. The van der Waals surface area contributed by atoms with E-state index in [0.29, 0.717) is 6.61 Å². The van der Waals surface area contributed by atoms with Crippen LogP contribution in [0.25, 0.3) is 0 Å². The van der Waals surface area contributed by atoms with Gasteiger partial charge in [0, 0.05) is 0 Å². The summed E-state index contributed by atoms with van der Waals surface area (Å²) < 4.78 is 17.8. The molecule has 0 unspecified atom stereocenters. The minimum Gasteiger partial charge on any atom is -0.463 e. The molecule has 14 heavy (non-hydrogen) atoms. The van der Waals surface area contributed by atoms with Crippen LogP contribution < -0.4 is 5.73 Å². The molecule has 2 N–H and O–H groups in total. The maximum Gasteiger partial charge on any atom is 0.282 e. The first-order valence-electron chi connectivity index (χ1n) is 4.08. The van der Waals surface area contributed by atoms with Crippen LogP contribution in [-0.4, -0.2) is 12.6 Å². The van der Waals surface area contributed by atoms with Gasteiger partial charge in [0.05, 0.1) is 5.02 Å². The predicted molar refractivity (Wildman–Crippen MR) is 51.7 cm³/mol. The summed E-state index contributed by atoms with van der Waals surface area (Å²) in [7, 11) is 0. The minimum absolute atomic E-state index is 0.0863. The second kappa shape index (κ2) is 3.46. The molecule has 3 nitrogen and oxygen atoms in total. The zero-order chi connectivity index (χ0) is 10.1. The average Bonchev–Trinajstić information content (AvgIpc) is 2.57. The smallest absolute Gasteiger partial charge is 0.282 e. The van der Waals surface area contributed by atoms with Gasteiger partial charge in [0.25, 0.3) is 6.02 Å². The highest BCUT2D eigenvalue weighted by Gasteiger charge is 2.19. The molecule has 1 aliphatic heterocycles. The summed E-state index contributed by atoms with van der Waals surface area (Å²) in [5.41, 5.74) is 6.15. The molecule has 0 aliphatic carbocycles. The highest BCUT2D eigenvalue weighted by atomic mass is 35.5. The fourth-order valence-electron chi connectivity index (χ4n) is 1.28. The Morgan fingerprint density at radius 3 is 2.93 bits per heavy atom. The first kappa shape index (κ1) is 9.27. The third-order valence-electron chi connectivity index (χ3n) is 2.00. The number of nitrogens with zero attached hydrogens (tertiary/aromatic N) is 1. The molecule has 0 amide bonds. The lowest BCUT2D eigenvalue weighted by Crippen LogP contribution is -2.10. The third kappa shape index (κ3) is 1.65. The lowest BCUT2D eigenvalue weighted by Gasteiger charge is -2.05. The van der Waals surface area contributed by atoms with Crippen molar-refractivity contribution in [3.05, 3.63) is 34.6 Å². The van der Waals surface area contributed by atoms with Gasteiger partial charge in [0.2, 0.25) is 0 Å². The fourth-order valence-corrected chi connectivity index (χ4v) is 1.47. The molecular weight excluding hydrogens is 207 g/mol. The van der Waals surface area contributed by atoms with Gasteiger partial charge in [-0.25, -0.2) is 9.38 Å². The minimum atomic E-state index is -0.439. The summed E-state index contributed by atoms with van der Waals surface area (Å²) in [6.07, 6.45) is 0. The van der Waals surface area contributed by atoms with Crippen LogP contribution in [0.4, 0.5) is 4.39 Å². The third-order valence-corrected chi connectivity index (χ3v) is 2.29. The van der Waals surface area contributed by atoms with Crippen molar-refractivity contribution in [1.29, 1.82) is 0 Å². The van der Waals surface area contributed by atoms with E-state index in [-0.39, 0.29) is 17.1 Å². The summed E-state index contributed by atoms with van der Waals surface area (Å²) in [6.45, 7) is 0.383. The Balaban J connectivity index is 2.29. The van der Waals surface area contributed by atoms with Gasteiger partial charge in [0.1, 0.15) is 18.5 Å². The summed E-state index contributed by atoms with van der Waals surface area (Å²) in [5.74, 6) is -0.439. The van der Waals surface area contributed by atoms with E-state index in [9.17, 15) is 4.39 Å². The van der Waals surface area contributed by atoms with Crippen LogP contribution in [0.1, 0.15) is 11.6 Å². The molecule has 1 aromatic carbocycles. The van der Waals surface area contributed by atoms with Gasteiger partial charge < -0.3 is 10.5 Å². The SMILES string of the molecule is NC1=N[C@@H](c2ccc(F)c(Cl)c2)CO1. The van der Waals surface area contributed by atoms with Gasteiger partial charge in [-0.15, -0.1) is 0 Å². The summed E-state index contributed by atoms with van der Waals surface area (Å²) in [5, 5.41) is 0.0863. The maximum absolute atomic E-state index is 12.8. The molecule has 1 aromatic rings. The molecule has 0 spiro atoms. The number of aliphatic imine (C=N–C) groups is 1. The van der Waals surface area contributed by atoms with Crippen LogP contribution in [0.15, 0.2) is 23.2 Å². The Morgan fingerprint density at radius 1 is 1.57 bits per heavy atom. The first-order valence-corrected chi connectivity index (χ1v) is 4.45. The Kier molecular flexibility index (Phi) is 2.29. The maximum atomic E-state index is 12.8. The molecule has 74 valence electrons. The van der Waals surface area contributed by atoms with Crippen molar-refractivity contribution in [3.63, 3.8) is 0 Å². The van der Waals surface area contributed by atoms with E-state index >= 15 is 0 Å². The second-order valence-corrected chi connectivity index (χ2v) is 3.37. The van der Waals surface area contributed by atoms with E-state index < -0.39 is 5.82 Å². The standard InChI is InChI=1S/C9H8ClFN2O/c10-6-3-5(1-2-7(6)11)8-4-14-9(12)13-8/h1-3,8H,4H2,(H2,12,13)/t8-/m1/s1. The largest absolute Gasteiger partial charge is 0.463 e. The number of hydrogen-bond acceptors (Lipinski definition) is 3. The van der Waals surface area contributed by atoms with E-state index in [1.54, 1.807) is 6.07 Å². The van der Waals surface area contributed by atoms with Gasteiger partial charge >= 0.3 is 0 Å². The van der Waals surface area contributed by atoms with E-state index in [2.05, 4.69) is 4.99 Å². The first-order chi connectivity index (χ1) is 6.66. The van der Waals surface area contributed by atoms with Crippen LogP contribution in [0, 0.1) is 5.82 Å². The Morgan fingerprint density at radius 2 is 2.36 bits per heavy atom. The Bertz CT molecular complexity index is 394. The zero-order valence-electron chi connectivity index (χ0n) is 7.21. The van der Waals surface area contributed by atoms with Gasteiger partial charge in [0.15, 0.2) is 0 Å². The van der Waals surface area contributed by atoms with E-state index in [4.69, 9.17) is 22.1 Å². The van der Waals surface area contributed by atoms with Crippen molar-refractivity contribution in [3.8, 4) is 0 Å². The summed E-state index contributed by atoms with van der Waals surface area (Å²) in [4.78, 5) is 4.02. The lowest BCUT2D eigenvalue weighted by molar-refractivity contribution is 0.315. The molecule has 1 atom stereocenters. The van der Waals surface area contributed by atoms with Crippen molar-refractivity contribution in [1.82, 2.24) is 0 Å². The molecule has 0 saturated carbocycles. The fraction of sp³-hybridized carbons (Fsp3) is 0.222. The molecule has 0 saturated heterocycles. The second-order valence-electron chi connectivity index (χ2n) is 2.97. The molecule has 1 heterocycles. The predicted octanol–water partition coefficient (Wildman–Crippen LogP) is 1.87.